The number of rotatable bonds is 4. The fraction of sp³-hybridized carbons (Fsp3) is 0.227. The normalized spacial score (nSPS) is 12.2. The number of fused-ring (bicyclic) bond motifs is 1. The monoisotopic (exact) mass is 376 g/mol. The fourth-order valence-electron chi connectivity index (χ4n) is 2.96. The molecule has 0 fully saturated rings. The lowest BCUT2D eigenvalue weighted by Gasteiger charge is -2.17. The molecule has 0 aliphatic carbocycles. The first kappa shape index (κ1) is 19.4. The Morgan fingerprint density at radius 3 is 2.36 bits per heavy atom. The van der Waals surface area contributed by atoms with Gasteiger partial charge in [0, 0.05) is 24.7 Å². The molecule has 1 aromatic carbocycles. The molecule has 6 heteroatoms. The van der Waals surface area contributed by atoms with Crippen LogP contribution in [-0.2, 0) is 4.79 Å². The van der Waals surface area contributed by atoms with Gasteiger partial charge in [0.1, 0.15) is 11.3 Å². The van der Waals surface area contributed by atoms with Crippen molar-refractivity contribution in [1.29, 1.82) is 0 Å². The zero-order valence-corrected chi connectivity index (χ0v) is 16.5. The number of nitrogen functional groups attached to an aromatic ring is 1. The minimum Gasteiger partial charge on any atom is -0.382 e. The highest BCUT2D eigenvalue weighted by Gasteiger charge is 2.28. The Kier molecular flexibility index (Phi) is 5.05. The van der Waals surface area contributed by atoms with Gasteiger partial charge in [-0.2, -0.15) is 0 Å². The molecule has 2 heterocycles. The minimum atomic E-state index is -0.597. The van der Waals surface area contributed by atoms with Gasteiger partial charge < -0.3 is 11.1 Å². The van der Waals surface area contributed by atoms with E-state index in [0.29, 0.717) is 11.3 Å². The molecule has 3 N–H and O–H groups in total. The molecule has 0 saturated carbocycles. The summed E-state index contributed by atoms with van der Waals surface area (Å²) < 4.78 is 1.71. The van der Waals surface area contributed by atoms with Gasteiger partial charge in [-0.05, 0) is 28.8 Å². The number of pyridine rings is 1. The molecule has 0 spiro atoms. The van der Waals surface area contributed by atoms with Crippen LogP contribution in [0.3, 0.4) is 0 Å². The van der Waals surface area contributed by atoms with Crippen LogP contribution in [0, 0.1) is 5.41 Å². The number of carbonyl (C=O) groups is 2. The molecule has 0 bridgehead atoms. The molecular formula is C22H24N4O2. The molecular weight excluding hydrogens is 352 g/mol. The van der Waals surface area contributed by atoms with Crippen LogP contribution in [0.4, 0.5) is 5.82 Å². The molecule has 3 aromatic rings. The summed E-state index contributed by atoms with van der Waals surface area (Å²) in [4.78, 5) is 29.3. The summed E-state index contributed by atoms with van der Waals surface area (Å²) in [6.45, 7) is 5.54. The molecule has 0 aliphatic rings. The van der Waals surface area contributed by atoms with Crippen molar-refractivity contribution in [3.05, 3.63) is 71.6 Å². The summed E-state index contributed by atoms with van der Waals surface area (Å²) in [7, 11) is 1.58. The average Bonchev–Trinajstić information content (AvgIpc) is 2.99. The number of likely N-dealkylation sites (N-methyl/N-ethyl adjacent to an activating group) is 1. The number of imidazole rings is 1. The van der Waals surface area contributed by atoms with Crippen molar-refractivity contribution in [2.24, 2.45) is 5.41 Å². The lowest BCUT2D eigenvalue weighted by molar-refractivity contribution is -0.116. The summed E-state index contributed by atoms with van der Waals surface area (Å²) in [5.41, 5.74) is 8.81. The standard InChI is InChI=1S/C22H24N4O2/c1-22(2,3)20(28)19-21(23)25-17-11-10-15(13-26(17)19)16(12-18(27)24-4)14-8-6-5-7-9-14/h5-13H,23H2,1-4H3,(H,24,27)/b16-12+. The van der Waals surface area contributed by atoms with Crippen molar-refractivity contribution in [3.8, 4) is 0 Å². The lowest BCUT2D eigenvalue weighted by Crippen LogP contribution is -2.23. The molecule has 3 rings (SSSR count). The van der Waals surface area contributed by atoms with Crippen LogP contribution >= 0.6 is 0 Å². The molecule has 2 aromatic heterocycles. The third kappa shape index (κ3) is 3.67. The highest BCUT2D eigenvalue weighted by Crippen LogP contribution is 2.28. The van der Waals surface area contributed by atoms with E-state index in [2.05, 4.69) is 10.3 Å². The summed E-state index contributed by atoms with van der Waals surface area (Å²) >= 11 is 0. The number of anilines is 1. The lowest BCUT2D eigenvalue weighted by atomic mass is 9.89. The predicted molar refractivity (Wildman–Crippen MR) is 111 cm³/mol. The Labute approximate surface area is 164 Å². The second-order valence-electron chi connectivity index (χ2n) is 7.61. The number of hydrogen-bond donors (Lipinski definition) is 2. The number of aromatic nitrogens is 2. The fourth-order valence-corrected chi connectivity index (χ4v) is 2.96. The van der Waals surface area contributed by atoms with Crippen molar-refractivity contribution >= 4 is 28.7 Å². The predicted octanol–water partition coefficient (Wildman–Crippen LogP) is 3.32. The van der Waals surface area contributed by atoms with Crippen LogP contribution in [0.25, 0.3) is 11.2 Å². The molecule has 0 unspecified atom stereocenters. The minimum absolute atomic E-state index is 0.0915. The van der Waals surface area contributed by atoms with E-state index in [1.807, 2.05) is 57.2 Å². The van der Waals surface area contributed by atoms with E-state index in [9.17, 15) is 9.59 Å². The second kappa shape index (κ2) is 7.31. The molecule has 1 amide bonds. The topological polar surface area (TPSA) is 89.5 Å². The summed E-state index contributed by atoms with van der Waals surface area (Å²) in [6.07, 6.45) is 3.35. The number of ketones is 1. The van der Waals surface area contributed by atoms with Gasteiger partial charge >= 0.3 is 0 Å². The number of benzene rings is 1. The third-order valence-corrected chi connectivity index (χ3v) is 4.46. The SMILES string of the molecule is CNC(=O)/C=C(\c1ccccc1)c1ccc2nc(N)c(C(=O)C(C)(C)C)n2c1. The maximum absolute atomic E-state index is 12.9. The number of hydrogen-bond acceptors (Lipinski definition) is 4. The number of nitrogens with zero attached hydrogens (tertiary/aromatic N) is 2. The molecule has 0 radical (unpaired) electrons. The Morgan fingerprint density at radius 1 is 1.07 bits per heavy atom. The maximum Gasteiger partial charge on any atom is 0.244 e. The third-order valence-electron chi connectivity index (χ3n) is 4.46. The van der Waals surface area contributed by atoms with Gasteiger partial charge in [-0.25, -0.2) is 4.98 Å². The van der Waals surface area contributed by atoms with Gasteiger partial charge in [0.05, 0.1) is 0 Å². The zero-order chi connectivity index (χ0) is 20.5. The van der Waals surface area contributed by atoms with Gasteiger partial charge in [-0.1, -0.05) is 51.1 Å². The van der Waals surface area contributed by atoms with Crippen molar-refractivity contribution in [1.82, 2.24) is 14.7 Å². The molecule has 0 aliphatic heterocycles. The van der Waals surface area contributed by atoms with Crippen LogP contribution in [0.2, 0.25) is 0 Å². The van der Waals surface area contributed by atoms with E-state index >= 15 is 0 Å². The van der Waals surface area contributed by atoms with Crippen LogP contribution in [0.15, 0.2) is 54.7 Å². The number of nitrogens with one attached hydrogen (secondary N) is 1. The quantitative estimate of drug-likeness (QED) is 0.540. The van der Waals surface area contributed by atoms with Crippen LogP contribution in [0.5, 0.6) is 0 Å². The van der Waals surface area contributed by atoms with Gasteiger partial charge in [-0.3, -0.25) is 14.0 Å². The van der Waals surface area contributed by atoms with Crippen LogP contribution < -0.4 is 11.1 Å². The highest BCUT2D eigenvalue weighted by atomic mass is 16.1. The number of Topliss-reactive ketones (excluding diaryl/α,β-unsaturated/α-hetero) is 1. The van der Waals surface area contributed by atoms with Gasteiger partial charge in [0.15, 0.2) is 11.6 Å². The molecule has 0 saturated heterocycles. The first-order valence-corrected chi connectivity index (χ1v) is 9.04. The zero-order valence-electron chi connectivity index (χ0n) is 16.5. The molecule has 28 heavy (non-hydrogen) atoms. The van der Waals surface area contributed by atoms with Crippen LogP contribution in [0.1, 0.15) is 42.4 Å². The van der Waals surface area contributed by atoms with E-state index in [0.717, 1.165) is 16.7 Å². The Hall–Kier alpha value is -3.41. The Morgan fingerprint density at radius 2 is 1.75 bits per heavy atom. The van der Waals surface area contributed by atoms with Crippen LogP contribution in [-0.4, -0.2) is 28.1 Å². The molecule has 144 valence electrons. The van der Waals surface area contributed by atoms with Crippen molar-refractivity contribution in [2.75, 3.05) is 12.8 Å². The highest BCUT2D eigenvalue weighted by molar-refractivity contribution is 6.03. The Bertz CT molecular complexity index is 1070. The summed E-state index contributed by atoms with van der Waals surface area (Å²) in [5, 5.41) is 2.62. The van der Waals surface area contributed by atoms with Gasteiger partial charge in [-0.15, -0.1) is 0 Å². The largest absolute Gasteiger partial charge is 0.382 e. The molecule has 0 atom stereocenters. The van der Waals surface area contributed by atoms with Crippen molar-refractivity contribution in [3.63, 3.8) is 0 Å². The molecule has 6 nitrogen and oxygen atoms in total. The van der Waals surface area contributed by atoms with E-state index in [1.165, 1.54) is 0 Å². The number of nitrogens with two attached hydrogens (primary N) is 1. The van der Waals surface area contributed by atoms with E-state index in [-0.39, 0.29) is 17.5 Å². The van der Waals surface area contributed by atoms with E-state index in [4.69, 9.17) is 5.73 Å². The number of amides is 1. The van der Waals surface area contributed by atoms with Crippen molar-refractivity contribution < 1.29 is 9.59 Å². The van der Waals surface area contributed by atoms with Gasteiger partial charge in [0.2, 0.25) is 5.91 Å². The van der Waals surface area contributed by atoms with E-state index < -0.39 is 5.41 Å². The summed E-state index contributed by atoms with van der Waals surface area (Å²) in [5.74, 6) is -0.102. The smallest absolute Gasteiger partial charge is 0.244 e. The van der Waals surface area contributed by atoms with Crippen molar-refractivity contribution in [2.45, 2.75) is 20.8 Å². The second-order valence-corrected chi connectivity index (χ2v) is 7.61. The maximum atomic E-state index is 12.9. The Balaban J connectivity index is 2.23. The number of carbonyl (C=O) groups excluding carboxylic acids is 2. The first-order valence-electron chi connectivity index (χ1n) is 9.04. The summed E-state index contributed by atoms with van der Waals surface area (Å²) in [6, 6.07) is 13.3. The average molecular weight is 376 g/mol. The first-order chi connectivity index (χ1) is 13.2. The van der Waals surface area contributed by atoms with E-state index in [1.54, 1.807) is 29.8 Å². The van der Waals surface area contributed by atoms with Gasteiger partial charge in [0.25, 0.3) is 0 Å².